The highest BCUT2D eigenvalue weighted by molar-refractivity contribution is 6.23. The summed E-state index contributed by atoms with van der Waals surface area (Å²) in [6, 6.07) is 15.5. The third kappa shape index (κ3) is 2.60. The Morgan fingerprint density at radius 3 is 2.41 bits per heavy atom. The summed E-state index contributed by atoms with van der Waals surface area (Å²) in [5.41, 5.74) is 6.21. The van der Waals surface area contributed by atoms with Gasteiger partial charge in [0.15, 0.2) is 5.78 Å². The predicted octanol–water partition coefficient (Wildman–Crippen LogP) is 4.13. The Hall–Kier alpha value is -3.14. The lowest BCUT2D eigenvalue weighted by atomic mass is 9.78. The van der Waals surface area contributed by atoms with Crippen molar-refractivity contribution in [2.24, 2.45) is 0 Å². The number of ketones is 1. The second-order valence-corrected chi connectivity index (χ2v) is 6.84. The van der Waals surface area contributed by atoms with Gasteiger partial charge in [-0.2, -0.15) is 0 Å². The zero-order chi connectivity index (χ0) is 19.1. The molecule has 0 amide bonds. The Labute approximate surface area is 158 Å². The van der Waals surface area contributed by atoms with Crippen LogP contribution in [0.25, 0.3) is 5.70 Å². The average Bonchev–Trinajstić information content (AvgIpc) is 2.94. The number of allylic oxidation sites excluding steroid dienone is 2. The quantitative estimate of drug-likeness (QED) is 0.838. The van der Waals surface area contributed by atoms with Crippen LogP contribution in [-0.2, 0) is 9.53 Å². The molecule has 1 N–H and O–H groups in total. The molecule has 0 aromatic heterocycles. The lowest BCUT2D eigenvalue weighted by Gasteiger charge is -2.30. The summed E-state index contributed by atoms with van der Waals surface area (Å²) >= 11 is 0. The summed E-state index contributed by atoms with van der Waals surface area (Å²) in [6.07, 6.45) is 0. The highest BCUT2D eigenvalue weighted by Gasteiger charge is 2.43. The van der Waals surface area contributed by atoms with Gasteiger partial charge in [0.1, 0.15) is 0 Å². The van der Waals surface area contributed by atoms with Crippen molar-refractivity contribution in [1.82, 2.24) is 5.32 Å². The molecule has 136 valence electrons. The van der Waals surface area contributed by atoms with Crippen molar-refractivity contribution in [3.05, 3.63) is 87.6 Å². The third-order valence-corrected chi connectivity index (χ3v) is 5.24. The molecule has 4 heteroatoms. The van der Waals surface area contributed by atoms with Crippen LogP contribution < -0.4 is 5.32 Å². The molecule has 4 nitrogen and oxygen atoms in total. The van der Waals surface area contributed by atoms with Crippen LogP contribution in [0.1, 0.15) is 46.8 Å². The number of carbonyl (C=O) groups is 2. The van der Waals surface area contributed by atoms with E-state index < -0.39 is 5.92 Å². The Morgan fingerprint density at radius 2 is 1.70 bits per heavy atom. The van der Waals surface area contributed by atoms with Gasteiger partial charge in [-0.05, 0) is 31.9 Å². The number of Topliss-reactive ketones (excluding diaryl/α,β-unsaturated/α-hetero) is 1. The van der Waals surface area contributed by atoms with E-state index in [9.17, 15) is 9.59 Å². The van der Waals surface area contributed by atoms with Crippen LogP contribution in [0.15, 0.2) is 65.4 Å². The fourth-order valence-electron chi connectivity index (χ4n) is 4.03. The molecule has 0 fully saturated rings. The first kappa shape index (κ1) is 17.3. The maximum absolute atomic E-state index is 13.3. The van der Waals surface area contributed by atoms with Crippen molar-refractivity contribution in [1.29, 1.82) is 0 Å². The fraction of sp³-hybridized carbons (Fsp3) is 0.217. The Bertz CT molecular complexity index is 1030. The van der Waals surface area contributed by atoms with Crippen molar-refractivity contribution in [3.63, 3.8) is 0 Å². The molecule has 0 saturated heterocycles. The third-order valence-electron chi connectivity index (χ3n) is 5.24. The molecule has 2 aromatic carbocycles. The Balaban J connectivity index is 1.96. The number of carbonyl (C=O) groups excluding carboxylic acids is 2. The summed E-state index contributed by atoms with van der Waals surface area (Å²) < 4.78 is 5.33. The van der Waals surface area contributed by atoms with Gasteiger partial charge < -0.3 is 10.1 Å². The van der Waals surface area contributed by atoms with E-state index in [1.165, 1.54) is 0 Å². The minimum atomic E-state index is -0.443. The van der Waals surface area contributed by atoms with Crippen LogP contribution in [0.5, 0.6) is 0 Å². The minimum absolute atomic E-state index is 0.0318. The molecule has 27 heavy (non-hydrogen) atoms. The number of benzene rings is 2. The number of fused-ring (bicyclic) bond motifs is 2. The highest BCUT2D eigenvalue weighted by atomic mass is 16.5. The molecule has 1 atom stereocenters. The number of hydrogen-bond donors (Lipinski definition) is 1. The maximum Gasteiger partial charge on any atom is 0.336 e. The van der Waals surface area contributed by atoms with Crippen molar-refractivity contribution >= 4 is 17.4 Å². The summed E-state index contributed by atoms with van der Waals surface area (Å²) in [5, 5.41) is 3.31. The van der Waals surface area contributed by atoms with Crippen LogP contribution in [0.4, 0.5) is 0 Å². The molecule has 2 aromatic rings. The summed E-state index contributed by atoms with van der Waals surface area (Å²) in [6.45, 7) is 5.94. The van der Waals surface area contributed by atoms with E-state index in [2.05, 4.69) is 5.32 Å². The number of hydrogen-bond acceptors (Lipinski definition) is 4. The maximum atomic E-state index is 13.3. The first-order valence-electron chi connectivity index (χ1n) is 9.13. The molecular weight excluding hydrogens is 338 g/mol. The van der Waals surface area contributed by atoms with Gasteiger partial charge in [-0.15, -0.1) is 0 Å². The molecule has 2 aliphatic rings. The van der Waals surface area contributed by atoms with E-state index in [-0.39, 0.29) is 18.4 Å². The molecular formula is C23H21NO3. The van der Waals surface area contributed by atoms with Gasteiger partial charge in [-0.3, -0.25) is 4.79 Å². The van der Waals surface area contributed by atoms with Gasteiger partial charge in [0.25, 0.3) is 0 Å². The second-order valence-electron chi connectivity index (χ2n) is 6.84. The molecule has 1 aliphatic carbocycles. The normalized spacial score (nSPS) is 18.2. The summed E-state index contributed by atoms with van der Waals surface area (Å²) in [7, 11) is 0. The molecule has 0 spiro atoms. The van der Waals surface area contributed by atoms with E-state index >= 15 is 0 Å². The van der Waals surface area contributed by atoms with Gasteiger partial charge >= 0.3 is 5.97 Å². The molecule has 0 bridgehead atoms. The van der Waals surface area contributed by atoms with Crippen LogP contribution in [-0.4, -0.2) is 18.4 Å². The second kappa shape index (κ2) is 6.54. The molecule has 4 rings (SSSR count). The molecule has 1 heterocycles. The van der Waals surface area contributed by atoms with Crippen LogP contribution in [0.2, 0.25) is 0 Å². The van der Waals surface area contributed by atoms with Gasteiger partial charge in [0.05, 0.1) is 17.9 Å². The molecule has 1 aliphatic heterocycles. The summed E-state index contributed by atoms with van der Waals surface area (Å²) in [4.78, 5) is 26.1. The Morgan fingerprint density at radius 1 is 1.04 bits per heavy atom. The average molecular weight is 359 g/mol. The smallest absolute Gasteiger partial charge is 0.336 e. The Kier molecular flexibility index (Phi) is 4.19. The zero-order valence-corrected chi connectivity index (χ0v) is 15.6. The number of aryl methyl sites for hydroxylation is 1. The van der Waals surface area contributed by atoms with E-state index in [1.807, 2.05) is 62.4 Å². The molecule has 1 unspecified atom stereocenters. The number of dihydropyridines is 1. The standard InChI is InChI=1S/C23H21NO3/c1-4-27-23(26)18-14(3)24-21-16-11-7-8-12-17(16)22(25)20(21)19(18)15-10-6-5-9-13(15)2/h5-12,19,24H,4H2,1-3H3. The molecule has 0 radical (unpaired) electrons. The van der Waals surface area contributed by atoms with E-state index in [4.69, 9.17) is 4.74 Å². The van der Waals surface area contributed by atoms with Crippen LogP contribution in [0, 0.1) is 6.92 Å². The SMILES string of the molecule is CCOC(=O)C1=C(C)NC2=C(C(=O)c3ccccc32)C1c1ccccc1C. The number of nitrogens with one attached hydrogen (secondary N) is 1. The zero-order valence-electron chi connectivity index (χ0n) is 15.6. The van der Waals surface area contributed by atoms with Crippen molar-refractivity contribution in [2.45, 2.75) is 26.7 Å². The minimum Gasteiger partial charge on any atom is -0.463 e. The number of esters is 1. The van der Waals surface area contributed by atoms with Gasteiger partial charge in [0, 0.05) is 28.3 Å². The van der Waals surface area contributed by atoms with Crippen molar-refractivity contribution in [2.75, 3.05) is 6.61 Å². The van der Waals surface area contributed by atoms with E-state index in [0.29, 0.717) is 16.7 Å². The first-order chi connectivity index (χ1) is 13.0. The van der Waals surface area contributed by atoms with Crippen LogP contribution in [0.3, 0.4) is 0 Å². The van der Waals surface area contributed by atoms with Crippen molar-refractivity contribution in [3.8, 4) is 0 Å². The molecule has 0 saturated carbocycles. The van der Waals surface area contributed by atoms with Gasteiger partial charge in [-0.1, -0.05) is 48.5 Å². The number of rotatable bonds is 3. The van der Waals surface area contributed by atoms with E-state index in [0.717, 1.165) is 28.1 Å². The monoisotopic (exact) mass is 359 g/mol. The van der Waals surface area contributed by atoms with Crippen molar-refractivity contribution < 1.29 is 14.3 Å². The van der Waals surface area contributed by atoms with E-state index in [1.54, 1.807) is 6.92 Å². The number of ether oxygens (including phenoxy) is 1. The predicted molar refractivity (Wildman–Crippen MR) is 104 cm³/mol. The first-order valence-corrected chi connectivity index (χ1v) is 9.13. The van der Waals surface area contributed by atoms with Crippen LogP contribution >= 0.6 is 0 Å². The van der Waals surface area contributed by atoms with Gasteiger partial charge in [-0.25, -0.2) is 4.79 Å². The lowest BCUT2D eigenvalue weighted by molar-refractivity contribution is -0.138. The highest BCUT2D eigenvalue weighted by Crippen LogP contribution is 2.47. The van der Waals surface area contributed by atoms with Gasteiger partial charge in [0.2, 0.25) is 0 Å². The largest absolute Gasteiger partial charge is 0.463 e. The fourth-order valence-corrected chi connectivity index (χ4v) is 4.03. The summed E-state index contributed by atoms with van der Waals surface area (Å²) in [5.74, 6) is -0.858. The lowest BCUT2D eigenvalue weighted by Crippen LogP contribution is -2.29. The topological polar surface area (TPSA) is 55.4 Å².